The smallest absolute Gasteiger partial charge is 0.256 e. The van der Waals surface area contributed by atoms with Gasteiger partial charge in [0.05, 0.1) is 11.7 Å². The Kier molecular flexibility index (Phi) is 5.46. The van der Waals surface area contributed by atoms with Gasteiger partial charge in [-0.25, -0.2) is 0 Å². The van der Waals surface area contributed by atoms with Crippen molar-refractivity contribution in [1.82, 2.24) is 13.6 Å². The van der Waals surface area contributed by atoms with Crippen molar-refractivity contribution in [2.45, 2.75) is 39.2 Å². The molecule has 0 spiro atoms. The first-order chi connectivity index (χ1) is 12.3. The zero-order chi connectivity index (χ0) is 18.9. The van der Waals surface area contributed by atoms with E-state index in [4.69, 9.17) is 0 Å². The minimum atomic E-state index is -3.44. The summed E-state index contributed by atoms with van der Waals surface area (Å²) in [6, 6.07) is 12.5. The van der Waals surface area contributed by atoms with Crippen LogP contribution in [0.25, 0.3) is 0 Å². The van der Waals surface area contributed by atoms with Gasteiger partial charge in [0.15, 0.2) is 0 Å². The zero-order valence-electron chi connectivity index (χ0n) is 15.9. The number of pyridine rings is 1. The van der Waals surface area contributed by atoms with Gasteiger partial charge in [0.25, 0.3) is 10.2 Å². The molecule has 1 atom stereocenters. The Labute approximate surface area is 156 Å². The van der Waals surface area contributed by atoms with E-state index < -0.39 is 10.2 Å². The van der Waals surface area contributed by atoms with E-state index in [0.717, 1.165) is 30.7 Å². The molecule has 26 heavy (non-hydrogen) atoms. The van der Waals surface area contributed by atoms with Crippen molar-refractivity contribution in [1.29, 1.82) is 0 Å². The highest BCUT2D eigenvalue weighted by atomic mass is 32.2. The summed E-state index contributed by atoms with van der Waals surface area (Å²) in [5, 5.41) is 0. The van der Waals surface area contributed by atoms with Gasteiger partial charge in [0, 0.05) is 26.3 Å². The quantitative estimate of drug-likeness (QED) is 0.808. The van der Waals surface area contributed by atoms with Crippen LogP contribution < -0.4 is 0 Å². The molecular weight excluding hydrogens is 346 g/mol. The first-order valence-corrected chi connectivity index (χ1v) is 10.4. The number of benzene rings is 1. The Morgan fingerprint density at radius 2 is 1.92 bits per heavy atom. The summed E-state index contributed by atoms with van der Waals surface area (Å²) in [7, 11) is -0.276. The Balaban J connectivity index is 1.92. The van der Waals surface area contributed by atoms with Gasteiger partial charge in [-0.15, -0.1) is 0 Å². The maximum absolute atomic E-state index is 12.6. The predicted molar refractivity (Wildman–Crippen MR) is 104 cm³/mol. The van der Waals surface area contributed by atoms with E-state index in [-0.39, 0.29) is 6.04 Å². The van der Waals surface area contributed by atoms with Crippen molar-refractivity contribution in [2.24, 2.45) is 0 Å². The van der Waals surface area contributed by atoms with E-state index in [9.17, 15) is 8.42 Å². The molecule has 1 aliphatic heterocycles. The second kappa shape index (κ2) is 7.47. The van der Waals surface area contributed by atoms with Crippen molar-refractivity contribution in [3.8, 4) is 0 Å². The Hall–Kier alpha value is -1.76. The molecular formula is C20H27N3O2S. The molecule has 3 rings (SSSR count). The molecule has 6 heteroatoms. The standard InChI is InChI=1S/C20H27N3O2S/c1-15-7-5-8-17(11-15)13-18-12-16(2)21-19(14-18)20-9-6-10-23(20)26(24,25)22(3)4/h5,7-8,11-12,14,20H,6,9-10,13H2,1-4H3. The summed E-state index contributed by atoms with van der Waals surface area (Å²) in [4.78, 5) is 4.67. The molecule has 140 valence electrons. The topological polar surface area (TPSA) is 53.5 Å². The third-order valence-electron chi connectivity index (χ3n) is 4.83. The van der Waals surface area contributed by atoms with Crippen molar-refractivity contribution in [3.05, 3.63) is 64.5 Å². The Morgan fingerprint density at radius 3 is 2.62 bits per heavy atom. The van der Waals surface area contributed by atoms with Gasteiger partial charge in [-0.05, 0) is 56.4 Å². The fourth-order valence-electron chi connectivity index (χ4n) is 3.62. The normalized spacial score (nSPS) is 18.6. The average molecular weight is 374 g/mol. The molecule has 1 saturated heterocycles. The van der Waals surface area contributed by atoms with Crippen LogP contribution in [0.1, 0.15) is 47.0 Å². The lowest BCUT2D eigenvalue weighted by Gasteiger charge is -2.27. The molecule has 0 radical (unpaired) electrons. The van der Waals surface area contributed by atoms with E-state index >= 15 is 0 Å². The van der Waals surface area contributed by atoms with Crippen LogP contribution in [-0.4, -0.2) is 42.7 Å². The molecule has 1 aromatic heterocycles. The van der Waals surface area contributed by atoms with Gasteiger partial charge in [-0.3, -0.25) is 4.98 Å². The molecule has 0 amide bonds. The summed E-state index contributed by atoms with van der Waals surface area (Å²) in [5.41, 5.74) is 5.46. The van der Waals surface area contributed by atoms with Crippen LogP contribution in [0.4, 0.5) is 0 Å². The van der Waals surface area contributed by atoms with Crippen LogP contribution in [0.15, 0.2) is 36.4 Å². The fourth-order valence-corrected chi connectivity index (χ4v) is 4.93. The predicted octanol–water partition coefficient (Wildman–Crippen LogP) is 3.23. The maximum Gasteiger partial charge on any atom is 0.282 e. The number of aromatic nitrogens is 1. The van der Waals surface area contributed by atoms with Crippen LogP contribution in [0.5, 0.6) is 0 Å². The maximum atomic E-state index is 12.6. The van der Waals surface area contributed by atoms with Crippen molar-refractivity contribution >= 4 is 10.2 Å². The number of aryl methyl sites for hydroxylation is 2. The van der Waals surface area contributed by atoms with Crippen LogP contribution in [0.3, 0.4) is 0 Å². The molecule has 1 unspecified atom stereocenters. The van der Waals surface area contributed by atoms with Crippen molar-refractivity contribution < 1.29 is 8.42 Å². The number of nitrogens with zero attached hydrogens (tertiary/aromatic N) is 3. The first-order valence-electron chi connectivity index (χ1n) is 8.99. The molecule has 1 aromatic carbocycles. The Bertz CT molecular complexity index is 894. The Morgan fingerprint density at radius 1 is 1.15 bits per heavy atom. The van der Waals surface area contributed by atoms with Crippen LogP contribution in [-0.2, 0) is 16.6 Å². The third-order valence-corrected chi connectivity index (χ3v) is 6.78. The lowest BCUT2D eigenvalue weighted by atomic mass is 10.0. The number of rotatable bonds is 5. The second-order valence-electron chi connectivity index (χ2n) is 7.27. The van der Waals surface area contributed by atoms with E-state index in [1.807, 2.05) is 6.92 Å². The minimum absolute atomic E-state index is 0.182. The van der Waals surface area contributed by atoms with Gasteiger partial charge in [-0.1, -0.05) is 29.8 Å². The molecule has 2 aromatic rings. The largest absolute Gasteiger partial charge is 0.282 e. The van der Waals surface area contributed by atoms with Gasteiger partial charge in [0.1, 0.15) is 0 Å². The number of hydrogen-bond donors (Lipinski definition) is 0. The van der Waals surface area contributed by atoms with Crippen LogP contribution >= 0.6 is 0 Å². The first kappa shape index (κ1) is 19.0. The molecule has 2 heterocycles. The lowest BCUT2D eigenvalue weighted by Crippen LogP contribution is -2.39. The SMILES string of the molecule is Cc1cccc(Cc2cc(C)nc(C3CCCN3S(=O)(=O)N(C)C)c2)c1. The summed E-state index contributed by atoms with van der Waals surface area (Å²) in [6.45, 7) is 4.62. The van der Waals surface area contributed by atoms with Gasteiger partial charge < -0.3 is 0 Å². The van der Waals surface area contributed by atoms with Crippen molar-refractivity contribution in [3.63, 3.8) is 0 Å². The highest BCUT2D eigenvalue weighted by Gasteiger charge is 2.37. The van der Waals surface area contributed by atoms with Crippen LogP contribution in [0, 0.1) is 13.8 Å². The monoisotopic (exact) mass is 373 g/mol. The summed E-state index contributed by atoms with van der Waals surface area (Å²) in [6.07, 6.45) is 2.50. The van der Waals surface area contributed by atoms with E-state index in [0.29, 0.717) is 6.54 Å². The fraction of sp³-hybridized carbons (Fsp3) is 0.450. The average Bonchev–Trinajstić information content (AvgIpc) is 3.04. The third kappa shape index (κ3) is 3.98. The minimum Gasteiger partial charge on any atom is -0.256 e. The second-order valence-corrected chi connectivity index (χ2v) is 9.36. The van der Waals surface area contributed by atoms with Gasteiger partial charge >= 0.3 is 0 Å². The highest BCUT2D eigenvalue weighted by Crippen LogP contribution is 2.34. The molecule has 0 saturated carbocycles. The van der Waals surface area contributed by atoms with Crippen LogP contribution in [0.2, 0.25) is 0 Å². The van der Waals surface area contributed by atoms with E-state index in [1.54, 1.807) is 18.4 Å². The van der Waals surface area contributed by atoms with Crippen molar-refractivity contribution in [2.75, 3.05) is 20.6 Å². The molecule has 0 N–H and O–H groups in total. The van der Waals surface area contributed by atoms with E-state index in [2.05, 4.69) is 48.3 Å². The van der Waals surface area contributed by atoms with Gasteiger partial charge in [-0.2, -0.15) is 17.0 Å². The summed E-state index contributed by atoms with van der Waals surface area (Å²) < 4.78 is 28.2. The molecule has 1 fully saturated rings. The molecule has 0 bridgehead atoms. The molecule has 0 aliphatic carbocycles. The molecule has 1 aliphatic rings. The molecule has 5 nitrogen and oxygen atoms in total. The van der Waals surface area contributed by atoms with Gasteiger partial charge in [0.2, 0.25) is 0 Å². The summed E-state index contributed by atoms with van der Waals surface area (Å²) >= 11 is 0. The zero-order valence-corrected chi connectivity index (χ0v) is 16.8. The van der Waals surface area contributed by atoms with E-state index in [1.165, 1.54) is 21.0 Å². The number of hydrogen-bond acceptors (Lipinski definition) is 3. The summed E-state index contributed by atoms with van der Waals surface area (Å²) in [5.74, 6) is 0. The highest BCUT2D eigenvalue weighted by molar-refractivity contribution is 7.86. The lowest BCUT2D eigenvalue weighted by molar-refractivity contribution is 0.357.